The number of aromatic hydroxyl groups is 2. The van der Waals surface area contributed by atoms with Crippen LogP contribution in [0.2, 0.25) is 0 Å². The predicted octanol–water partition coefficient (Wildman–Crippen LogP) is 3.53. The first kappa shape index (κ1) is 17.2. The average Bonchev–Trinajstić information content (AvgIpc) is 2.67. The molecule has 8 heteroatoms. The number of fused-ring (bicyclic) bond motifs is 2. The number of nitro benzene ring substituents is 1. The Balaban J connectivity index is 2.04. The number of nitrogens with zero attached hydrogens (tertiary/aromatic N) is 1. The SMILES string of the molecule is O=C1c2cccc(O)c2C(=O)c2c(Nc3ccccc3)c([N+](=O)[O-])cc(O)c21. The molecule has 0 unspecified atom stereocenters. The summed E-state index contributed by atoms with van der Waals surface area (Å²) in [5.41, 5.74) is -1.37. The van der Waals surface area contributed by atoms with Gasteiger partial charge in [0.2, 0.25) is 5.78 Å². The van der Waals surface area contributed by atoms with E-state index in [2.05, 4.69) is 5.32 Å². The molecule has 0 fully saturated rings. The van der Waals surface area contributed by atoms with Crippen molar-refractivity contribution in [2.75, 3.05) is 5.32 Å². The maximum Gasteiger partial charge on any atom is 0.297 e. The average molecular weight is 376 g/mol. The van der Waals surface area contributed by atoms with Crippen LogP contribution in [-0.2, 0) is 0 Å². The highest BCUT2D eigenvalue weighted by Crippen LogP contribution is 2.44. The van der Waals surface area contributed by atoms with Crippen LogP contribution >= 0.6 is 0 Å². The second kappa shape index (κ2) is 6.20. The van der Waals surface area contributed by atoms with Crippen molar-refractivity contribution in [1.82, 2.24) is 0 Å². The van der Waals surface area contributed by atoms with Gasteiger partial charge in [-0.15, -0.1) is 0 Å². The largest absolute Gasteiger partial charge is 0.507 e. The Kier molecular flexibility index (Phi) is 3.82. The zero-order valence-electron chi connectivity index (χ0n) is 14.2. The van der Waals surface area contributed by atoms with Crippen LogP contribution in [0.3, 0.4) is 0 Å². The lowest BCUT2D eigenvalue weighted by atomic mass is 9.81. The summed E-state index contributed by atoms with van der Waals surface area (Å²) < 4.78 is 0. The highest BCUT2D eigenvalue weighted by molar-refractivity contribution is 6.32. The first-order chi connectivity index (χ1) is 13.4. The van der Waals surface area contributed by atoms with Gasteiger partial charge < -0.3 is 15.5 Å². The van der Waals surface area contributed by atoms with Crippen LogP contribution in [0.25, 0.3) is 0 Å². The summed E-state index contributed by atoms with van der Waals surface area (Å²) in [6, 6.07) is 13.2. The summed E-state index contributed by atoms with van der Waals surface area (Å²) in [7, 11) is 0. The van der Waals surface area contributed by atoms with Crippen LogP contribution in [-0.4, -0.2) is 26.7 Å². The Bertz CT molecular complexity index is 1170. The maximum atomic E-state index is 13.1. The van der Waals surface area contributed by atoms with Gasteiger partial charge in [-0.2, -0.15) is 0 Å². The van der Waals surface area contributed by atoms with Crippen LogP contribution < -0.4 is 5.32 Å². The second-order valence-electron chi connectivity index (χ2n) is 6.15. The van der Waals surface area contributed by atoms with Gasteiger partial charge in [-0.1, -0.05) is 30.3 Å². The van der Waals surface area contributed by atoms with Gasteiger partial charge in [-0.05, 0) is 18.2 Å². The smallest absolute Gasteiger partial charge is 0.297 e. The number of nitro groups is 1. The minimum absolute atomic E-state index is 0.0766. The van der Waals surface area contributed by atoms with Gasteiger partial charge in [0.15, 0.2) is 5.78 Å². The third-order valence-electron chi connectivity index (χ3n) is 4.49. The van der Waals surface area contributed by atoms with E-state index in [-0.39, 0.29) is 27.9 Å². The molecule has 0 saturated carbocycles. The Morgan fingerprint density at radius 3 is 2.21 bits per heavy atom. The normalized spacial score (nSPS) is 12.3. The van der Waals surface area contributed by atoms with Crippen LogP contribution in [0.5, 0.6) is 11.5 Å². The Labute approximate surface area is 157 Å². The number of carbonyl (C=O) groups is 2. The summed E-state index contributed by atoms with van der Waals surface area (Å²) in [6.07, 6.45) is 0. The van der Waals surface area contributed by atoms with Crippen LogP contribution in [0.15, 0.2) is 54.6 Å². The highest BCUT2D eigenvalue weighted by Gasteiger charge is 2.39. The number of anilines is 2. The monoisotopic (exact) mass is 376 g/mol. The zero-order chi connectivity index (χ0) is 20.0. The van der Waals surface area contributed by atoms with Gasteiger partial charge in [0.25, 0.3) is 5.69 Å². The van der Waals surface area contributed by atoms with Crippen molar-refractivity contribution in [1.29, 1.82) is 0 Å². The quantitative estimate of drug-likeness (QED) is 0.283. The van der Waals surface area contributed by atoms with E-state index in [9.17, 15) is 29.9 Å². The molecule has 0 atom stereocenters. The molecule has 1 aliphatic rings. The van der Waals surface area contributed by atoms with Crippen molar-refractivity contribution >= 4 is 28.6 Å². The fourth-order valence-corrected chi connectivity index (χ4v) is 3.28. The summed E-state index contributed by atoms with van der Waals surface area (Å²) in [5.74, 6) is -2.59. The molecule has 4 rings (SSSR count). The number of hydrogen-bond acceptors (Lipinski definition) is 7. The third kappa shape index (κ3) is 2.47. The van der Waals surface area contributed by atoms with Crippen molar-refractivity contribution in [3.05, 3.63) is 87.0 Å². The standard InChI is InChI=1S/C20H12N2O6/c23-13-8-4-7-11-15(13)20(26)17-16(19(11)25)14(24)9-12(22(27)28)18(17)21-10-5-2-1-3-6-10/h1-9,21,23-24H. The van der Waals surface area contributed by atoms with E-state index in [4.69, 9.17) is 0 Å². The summed E-state index contributed by atoms with van der Waals surface area (Å²) >= 11 is 0. The second-order valence-corrected chi connectivity index (χ2v) is 6.15. The Morgan fingerprint density at radius 1 is 0.821 bits per heavy atom. The lowest BCUT2D eigenvalue weighted by Gasteiger charge is -2.22. The van der Waals surface area contributed by atoms with E-state index in [0.29, 0.717) is 5.69 Å². The number of rotatable bonds is 3. The molecule has 0 aliphatic heterocycles. The van der Waals surface area contributed by atoms with Gasteiger partial charge in [-0.25, -0.2) is 0 Å². The molecular formula is C20H12N2O6. The van der Waals surface area contributed by atoms with Crippen LogP contribution in [0.1, 0.15) is 31.8 Å². The van der Waals surface area contributed by atoms with Crippen molar-refractivity contribution in [2.24, 2.45) is 0 Å². The van der Waals surface area contributed by atoms with Crippen molar-refractivity contribution in [3.8, 4) is 11.5 Å². The van der Waals surface area contributed by atoms with Crippen molar-refractivity contribution in [2.45, 2.75) is 0 Å². The molecule has 8 nitrogen and oxygen atoms in total. The van der Waals surface area contributed by atoms with E-state index in [1.807, 2.05) is 0 Å². The Morgan fingerprint density at radius 2 is 1.54 bits per heavy atom. The molecule has 3 N–H and O–H groups in total. The van der Waals surface area contributed by atoms with Crippen LogP contribution in [0, 0.1) is 10.1 Å². The van der Waals surface area contributed by atoms with Gasteiger partial charge in [0, 0.05) is 11.3 Å². The molecule has 0 radical (unpaired) electrons. The highest BCUT2D eigenvalue weighted by atomic mass is 16.6. The lowest BCUT2D eigenvalue weighted by molar-refractivity contribution is -0.384. The maximum absolute atomic E-state index is 13.1. The van der Waals surface area contributed by atoms with E-state index in [0.717, 1.165) is 6.07 Å². The molecule has 0 aromatic heterocycles. The number of benzene rings is 3. The fourth-order valence-electron chi connectivity index (χ4n) is 3.28. The molecule has 138 valence electrons. The van der Waals surface area contributed by atoms with E-state index in [1.54, 1.807) is 30.3 Å². The number of phenols is 2. The molecule has 3 aromatic rings. The molecule has 0 bridgehead atoms. The molecule has 0 amide bonds. The van der Waals surface area contributed by atoms with Crippen LogP contribution in [0.4, 0.5) is 17.1 Å². The first-order valence-corrected chi connectivity index (χ1v) is 8.18. The van der Waals surface area contributed by atoms with E-state index in [1.165, 1.54) is 18.2 Å². The van der Waals surface area contributed by atoms with Gasteiger partial charge in [-0.3, -0.25) is 19.7 Å². The van der Waals surface area contributed by atoms with E-state index < -0.39 is 33.7 Å². The van der Waals surface area contributed by atoms with Gasteiger partial charge in [0.05, 0.1) is 27.7 Å². The molecule has 1 aliphatic carbocycles. The predicted molar refractivity (Wildman–Crippen MR) is 99.5 cm³/mol. The van der Waals surface area contributed by atoms with Gasteiger partial charge >= 0.3 is 0 Å². The third-order valence-corrected chi connectivity index (χ3v) is 4.49. The van der Waals surface area contributed by atoms with E-state index >= 15 is 0 Å². The minimum Gasteiger partial charge on any atom is -0.507 e. The number of phenolic OH excluding ortho intramolecular Hbond substituents is 2. The summed E-state index contributed by atoms with van der Waals surface area (Å²) in [4.78, 5) is 36.8. The topological polar surface area (TPSA) is 130 Å². The van der Waals surface area contributed by atoms with Crippen molar-refractivity contribution < 1.29 is 24.7 Å². The van der Waals surface area contributed by atoms with Crippen molar-refractivity contribution in [3.63, 3.8) is 0 Å². The molecular weight excluding hydrogens is 364 g/mol. The lowest BCUT2D eigenvalue weighted by Crippen LogP contribution is -2.23. The Hall–Kier alpha value is -4.20. The molecule has 0 heterocycles. The first-order valence-electron chi connectivity index (χ1n) is 8.18. The number of nitrogens with one attached hydrogen (secondary N) is 1. The number of ketones is 2. The summed E-state index contributed by atoms with van der Waals surface area (Å²) in [5, 5.41) is 34.8. The summed E-state index contributed by atoms with van der Waals surface area (Å²) in [6.45, 7) is 0. The molecule has 28 heavy (non-hydrogen) atoms. The van der Waals surface area contributed by atoms with Gasteiger partial charge in [0.1, 0.15) is 17.2 Å². The molecule has 3 aromatic carbocycles. The fraction of sp³-hybridized carbons (Fsp3) is 0. The zero-order valence-corrected chi connectivity index (χ0v) is 14.2. The number of carbonyl (C=O) groups excluding carboxylic acids is 2. The number of para-hydroxylation sites is 1. The molecule has 0 spiro atoms. The molecule has 0 saturated heterocycles. The number of hydrogen-bond donors (Lipinski definition) is 3. The minimum atomic E-state index is -0.792.